The summed E-state index contributed by atoms with van der Waals surface area (Å²) in [7, 11) is -9.09. The maximum atomic E-state index is 12.6. The molecule has 2 aromatic carbocycles. The predicted molar refractivity (Wildman–Crippen MR) is 161 cm³/mol. The van der Waals surface area contributed by atoms with Crippen LogP contribution >= 0.6 is 23.6 Å². The molecule has 252 valence electrons. The number of likely N-dealkylation sites (tertiary alicyclic amines) is 1. The number of azo groups is 1. The van der Waals surface area contributed by atoms with Crippen LogP contribution in [0.4, 0.5) is 34.6 Å². The minimum atomic E-state index is -5.05. The molecule has 1 aromatic heterocycles. The summed E-state index contributed by atoms with van der Waals surface area (Å²) in [6.07, 6.45) is 3.17. The first-order chi connectivity index (χ1) is 21.3. The van der Waals surface area contributed by atoms with Gasteiger partial charge in [-0.3, -0.25) is 13.7 Å². The molecule has 1 aliphatic heterocycles. The van der Waals surface area contributed by atoms with Crippen LogP contribution in [-0.2, 0) is 33.8 Å². The van der Waals surface area contributed by atoms with E-state index >= 15 is 0 Å². The van der Waals surface area contributed by atoms with Crippen LogP contribution in [0, 0.1) is 0 Å². The molecule has 0 radical (unpaired) electrons. The quantitative estimate of drug-likeness (QED) is 0.0178. The summed E-state index contributed by atoms with van der Waals surface area (Å²) in [6.45, 7) is 3.69. The number of quaternary nitrogens is 1. The average molecular weight is 786 g/mol. The Morgan fingerprint density at radius 1 is 1.06 bits per heavy atom. The summed E-state index contributed by atoms with van der Waals surface area (Å²) >= 11 is 6.84. The maximum Gasteiger partial charge on any atom is 1.00 e. The van der Waals surface area contributed by atoms with Crippen molar-refractivity contribution < 1.29 is 112 Å². The minimum Gasteiger partial charge on any atom is -1.00 e. The molecule has 3 aromatic rings. The molecule has 2 heterocycles. The van der Waals surface area contributed by atoms with Crippen LogP contribution in [0.3, 0.4) is 0 Å². The number of nitrogens with zero attached hydrogens (tertiary/aromatic N) is 6. The first-order valence-electron chi connectivity index (χ1n) is 13.3. The van der Waals surface area contributed by atoms with E-state index in [9.17, 15) is 26.6 Å². The number of anilines is 3. The Hall–Kier alpha value is -0.760. The Morgan fingerprint density at radius 3 is 2.42 bits per heavy atom. The Balaban J connectivity index is 0.00000384. The van der Waals surface area contributed by atoms with Crippen molar-refractivity contribution in [3.8, 4) is 0 Å². The van der Waals surface area contributed by atoms with E-state index in [1.165, 1.54) is 36.4 Å². The number of hydrogen-bond donors (Lipinski definition) is 2. The van der Waals surface area contributed by atoms with Gasteiger partial charge in [0, 0.05) is 5.69 Å². The maximum absolute atomic E-state index is 12.6. The largest absolute Gasteiger partial charge is 1.00 e. The molecule has 0 saturated carbocycles. The zero-order valence-corrected chi connectivity index (χ0v) is 34.0. The summed E-state index contributed by atoms with van der Waals surface area (Å²) in [5.41, 5.74) is 6.86. The molecule has 1 aliphatic rings. The van der Waals surface area contributed by atoms with Gasteiger partial charge in [-0.05, 0) is 68.1 Å². The van der Waals surface area contributed by atoms with Gasteiger partial charge >= 0.3 is 65.1 Å². The van der Waals surface area contributed by atoms with E-state index in [1.54, 1.807) is 0 Å². The smallest absolute Gasteiger partial charge is 1.00 e. The molecular weight excluding hydrogens is 757 g/mol. The van der Waals surface area contributed by atoms with Crippen molar-refractivity contribution >= 4 is 78.5 Å². The van der Waals surface area contributed by atoms with Gasteiger partial charge in [0.1, 0.15) is 5.69 Å². The molecule has 0 spiro atoms. The van der Waals surface area contributed by atoms with Gasteiger partial charge in [-0.2, -0.15) is 14.4 Å². The van der Waals surface area contributed by atoms with Crippen molar-refractivity contribution in [1.82, 2.24) is 19.4 Å². The van der Waals surface area contributed by atoms with Gasteiger partial charge in [-0.15, -0.1) is 15.1 Å². The van der Waals surface area contributed by atoms with Crippen LogP contribution in [0.2, 0.25) is 5.28 Å². The van der Waals surface area contributed by atoms with Gasteiger partial charge in [0.25, 0.3) is 0 Å². The van der Waals surface area contributed by atoms with E-state index in [-0.39, 0.29) is 115 Å². The molecule has 0 unspecified atom stereocenters. The third-order valence-corrected chi connectivity index (χ3v) is 9.81. The molecule has 4 rings (SSSR count). The fraction of sp³-hybridized carbons (Fsp3) is 0.375. The number of rotatable bonds is 14. The van der Waals surface area contributed by atoms with E-state index in [0.717, 1.165) is 38.9 Å². The van der Waals surface area contributed by atoms with Crippen LogP contribution in [0.1, 0.15) is 26.2 Å². The van der Waals surface area contributed by atoms with Gasteiger partial charge < -0.3 is 33.3 Å². The Labute approximate surface area is 337 Å². The summed E-state index contributed by atoms with van der Waals surface area (Å²) in [5.74, 6) is -0.134. The number of nitrogen functional groups attached to an aromatic ring is 1. The molecular formula is C24H28Cl2N8Na2O9S3. The Bertz CT molecular complexity index is 1780. The van der Waals surface area contributed by atoms with Gasteiger partial charge in [-0.1, -0.05) is 6.07 Å². The number of sulfone groups is 1. The van der Waals surface area contributed by atoms with Crippen LogP contribution in [0.15, 0.2) is 56.4 Å². The second-order valence-electron chi connectivity index (χ2n) is 9.70. The molecule has 1 saturated heterocycles. The molecule has 0 bridgehead atoms. The van der Waals surface area contributed by atoms with Crippen molar-refractivity contribution in [1.29, 1.82) is 0 Å². The summed E-state index contributed by atoms with van der Waals surface area (Å²) < 4.78 is 66.2. The second-order valence-corrected chi connectivity index (χ2v) is 13.9. The van der Waals surface area contributed by atoms with Crippen LogP contribution in [0.5, 0.6) is 0 Å². The number of piperidine rings is 1. The van der Waals surface area contributed by atoms with E-state index in [4.69, 9.17) is 17.3 Å². The monoisotopic (exact) mass is 784 g/mol. The molecule has 1 fully saturated rings. The molecule has 48 heavy (non-hydrogen) atoms. The molecule has 0 aliphatic carbocycles. The molecule has 17 nitrogen and oxygen atoms in total. The fourth-order valence-electron chi connectivity index (χ4n) is 4.61. The number of hydrogen-bond acceptors (Lipinski definition) is 17. The average Bonchev–Trinajstić information content (AvgIpc) is 2.99. The molecule has 24 heteroatoms. The second kappa shape index (κ2) is 20.3. The van der Waals surface area contributed by atoms with Gasteiger partial charge in [0.15, 0.2) is 9.84 Å². The standard InChI is InChI=1S/C24H29ClN8O9S3.ClH.2Na/c1-2-33(9-4-3-5-10-33)24-29-22(25)28-23(30-24)27-19-14-18(26)21(43-42-41-34)15-20(19)32-31-16-7-6-8-17(13-16)44(35,36)12-11-40-45(37,38)39;;;/h6-8,13-15H,2-5,9-12,26H2,1H3,(H2-,27,28,29,30,34,37,38,39);1H;;/q;;2*+1/p-2. The third-order valence-electron chi connectivity index (χ3n) is 6.85. The fourth-order valence-corrected chi connectivity index (χ4v) is 6.70. The number of aromatic nitrogens is 3. The Morgan fingerprint density at radius 2 is 1.77 bits per heavy atom. The van der Waals surface area contributed by atoms with Crippen molar-refractivity contribution in [3.05, 3.63) is 41.7 Å². The van der Waals surface area contributed by atoms with Gasteiger partial charge in [0.2, 0.25) is 21.6 Å². The number of nitrogens with two attached hydrogens (primary N) is 1. The molecule has 3 N–H and O–H groups in total. The number of halogens is 2. The van der Waals surface area contributed by atoms with Gasteiger partial charge in [-0.25, -0.2) is 16.8 Å². The molecule has 0 atom stereocenters. The topological polar surface area (TPSA) is 244 Å². The zero-order chi connectivity index (χ0) is 32.7. The van der Waals surface area contributed by atoms with E-state index < -0.39 is 32.6 Å². The van der Waals surface area contributed by atoms with E-state index in [2.05, 4.69) is 51.0 Å². The first-order valence-corrected chi connectivity index (χ1v) is 17.4. The zero-order valence-electron chi connectivity index (χ0n) is 26.0. The molecule has 0 amide bonds. The van der Waals surface area contributed by atoms with Crippen molar-refractivity contribution in [2.24, 2.45) is 10.2 Å². The SMILES string of the molecule is CC[N+]1(c2nc(Cl)nc(Nc3cc(N)c(SOO[O-])cc3N=Nc3cccc(S(=O)(=O)CCOS(=O)(=O)[O-])c3)n2)CCCCC1.[Cl-].[Na+].[Na+]. The number of benzene rings is 2. The summed E-state index contributed by atoms with van der Waals surface area (Å²) in [4.78, 5) is 13.3. The van der Waals surface area contributed by atoms with Crippen molar-refractivity contribution in [3.63, 3.8) is 0 Å². The van der Waals surface area contributed by atoms with Crippen LogP contribution in [0.25, 0.3) is 0 Å². The number of nitrogens with one attached hydrogen (secondary N) is 1. The predicted octanol–water partition coefficient (Wildman–Crippen LogP) is -5.73. The normalized spacial score (nSPS) is 14.4. The van der Waals surface area contributed by atoms with Crippen LogP contribution in [-0.4, -0.2) is 68.3 Å². The Kier molecular flexibility index (Phi) is 19.2. The van der Waals surface area contributed by atoms with Gasteiger partial charge in [0.05, 0.1) is 65.2 Å². The summed E-state index contributed by atoms with van der Waals surface area (Å²) in [6, 6.07) is 8.24. The van der Waals surface area contributed by atoms with E-state index in [1.807, 2.05) is 0 Å². The van der Waals surface area contributed by atoms with Crippen molar-refractivity contribution in [2.45, 2.75) is 36.0 Å². The minimum absolute atomic E-state index is 0. The van der Waals surface area contributed by atoms with Crippen LogP contribution < -0.4 is 92.3 Å². The third kappa shape index (κ3) is 12.8. The van der Waals surface area contributed by atoms with Crippen molar-refractivity contribution in [2.75, 3.05) is 43.0 Å². The van der Waals surface area contributed by atoms with E-state index in [0.29, 0.717) is 22.5 Å². The first kappa shape index (κ1) is 45.3. The summed E-state index contributed by atoms with van der Waals surface area (Å²) in [5, 5.41) is 25.2.